The Kier molecular flexibility index (Phi) is 2.84. The van der Waals surface area contributed by atoms with Crippen molar-refractivity contribution in [3.05, 3.63) is 47.2 Å². The summed E-state index contributed by atoms with van der Waals surface area (Å²) >= 11 is 0. The summed E-state index contributed by atoms with van der Waals surface area (Å²) in [5.74, 6) is 0.455. The Morgan fingerprint density at radius 2 is 2.06 bits per heavy atom. The molecule has 16 heavy (non-hydrogen) atoms. The molecule has 1 heterocycles. The fraction of sp³-hybridized carbons (Fsp3) is 0.200. The number of rotatable bonds is 2. The monoisotopic (exact) mass is 242 g/mol. The van der Waals surface area contributed by atoms with Crippen LogP contribution in [0.15, 0.2) is 47.2 Å². The predicted octanol–water partition coefficient (Wildman–Crippen LogP) is 1.84. The first-order chi connectivity index (χ1) is 7.57. The maximum absolute atomic E-state index is 10.7. The third kappa shape index (κ3) is 2.34. The van der Waals surface area contributed by atoms with E-state index in [1.807, 2.05) is 18.2 Å². The van der Waals surface area contributed by atoms with Crippen LogP contribution in [0, 0.1) is 0 Å². The Morgan fingerprint density at radius 3 is 2.56 bits per heavy atom. The zero-order valence-corrected chi connectivity index (χ0v) is 9.11. The molecule has 0 aromatic heterocycles. The molecule has 86 valence electrons. The lowest BCUT2D eigenvalue weighted by Crippen LogP contribution is -2.09. The second-order valence-electron chi connectivity index (χ2n) is 3.29. The molecule has 0 atom stereocenters. The van der Waals surface area contributed by atoms with Crippen LogP contribution in [0.4, 0.5) is 0 Å². The van der Waals surface area contributed by atoms with Gasteiger partial charge in [0.15, 0.2) is 5.76 Å². The lowest BCUT2D eigenvalue weighted by atomic mass is 10.0. The highest BCUT2D eigenvalue weighted by Gasteiger charge is 2.21. The van der Waals surface area contributed by atoms with Gasteiger partial charge in [0.2, 0.25) is 0 Å². The van der Waals surface area contributed by atoms with Crippen LogP contribution in [0.3, 0.4) is 0 Å². The number of hydrogen-bond acceptors (Lipinski definition) is 4. The van der Waals surface area contributed by atoms with Crippen LogP contribution < -0.4 is 0 Å². The summed E-state index contributed by atoms with van der Waals surface area (Å²) in [5, 5.41) is -0.608. The van der Waals surface area contributed by atoms with Crippen molar-refractivity contribution < 1.29 is 22.4 Å². The van der Waals surface area contributed by atoms with Gasteiger partial charge in [-0.2, -0.15) is 8.42 Å². The fourth-order valence-electron chi connectivity index (χ4n) is 1.36. The van der Waals surface area contributed by atoms with E-state index in [0.29, 0.717) is 5.76 Å². The van der Waals surface area contributed by atoms with Gasteiger partial charge in [0.25, 0.3) is 5.09 Å². The molecule has 5 nitrogen and oxygen atoms in total. The summed E-state index contributed by atoms with van der Waals surface area (Å²) in [6.07, 6.45) is 9.54. The van der Waals surface area contributed by atoms with Gasteiger partial charge in [0.05, 0.1) is 0 Å². The van der Waals surface area contributed by atoms with Crippen LogP contribution >= 0.6 is 0 Å². The van der Waals surface area contributed by atoms with Crippen molar-refractivity contribution in [1.82, 2.24) is 0 Å². The minimum absolute atomic E-state index is 0.455. The smallest absolute Gasteiger partial charge is 0.331 e. The van der Waals surface area contributed by atoms with Crippen molar-refractivity contribution in [1.29, 1.82) is 0 Å². The molecule has 0 saturated carbocycles. The molecule has 0 unspecified atom stereocenters. The summed E-state index contributed by atoms with van der Waals surface area (Å²) in [5.41, 5.74) is 0.924. The van der Waals surface area contributed by atoms with Crippen molar-refractivity contribution in [2.75, 3.05) is 0 Å². The topological polar surface area (TPSA) is 72.8 Å². The van der Waals surface area contributed by atoms with Gasteiger partial charge in [0.1, 0.15) is 12.5 Å². The normalized spacial score (nSPS) is 20.2. The van der Waals surface area contributed by atoms with Crippen molar-refractivity contribution in [2.24, 2.45) is 0 Å². The van der Waals surface area contributed by atoms with Gasteiger partial charge in [0, 0.05) is 0 Å². The lowest BCUT2D eigenvalue weighted by Gasteiger charge is -2.16. The molecule has 0 spiro atoms. The van der Waals surface area contributed by atoms with E-state index in [1.165, 1.54) is 6.26 Å². The van der Waals surface area contributed by atoms with E-state index in [-0.39, 0.29) is 0 Å². The SMILES string of the molecule is O=S(=O)(O)C1=COC(C2=CC=CCC2)=CO1. The number of hydrogen-bond donors (Lipinski definition) is 1. The average Bonchev–Trinajstić information content (AvgIpc) is 2.29. The van der Waals surface area contributed by atoms with Gasteiger partial charge in [-0.1, -0.05) is 18.2 Å². The predicted molar refractivity (Wildman–Crippen MR) is 56.3 cm³/mol. The average molecular weight is 242 g/mol. The summed E-state index contributed by atoms with van der Waals surface area (Å²) in [6.45, 7) is 0. The van der Waals surface area contributed by atoms with E-state index in [1.54, 1.807) is 0 Å². The molecule has 1 N–H and O–H groups in total. The van der Waals surface area contributed by atoms with E-state index >= 15 is 0 Å². The fourth-order valence-corrected chi connectivity index (χ4v) is 1.70. The highest BCUT2D eigenvalue weighted by molar-refractivity contribution is 7.89. The molecule has 0 bridgehead atoms. The van der Waals surface area contributed by atoms with E-state index < -0.39 is 15.2 Å². The molecule has 2 aliphatic rings. The van der Waals surface area contributed by atoms with Gasteiger partial charge < -0.3 is 9.47 Å². The van der Waals surface area contributed by atoms with Crippen molar-refractivity contribution in [3.8, 4) is 0 Å². The second-order valence-corrected chi connectivity index (χ2v) is 4.64. The van der Waals surface area contributed by atoms with Crippen molar-refractivity contribution in [2.45, 2.75) is 12.8 Å². The Labute approximate surface area is 93.1 Å². The Morgan fingerprint density at radius 1 is 1.25 bits per heavy atom. The third-order valence-corrected chi connectivity index (χ3v) is 2.85. The van der Waals surface area contributed by atoms with Crippen LogP contribution in [-0.2, 0) is 19.6 Å². The van der Waals surface area contributed by atoms with E-state index in [2.05, 4.69) is 0 Å². The Bertz CT molecular complexity index is 507. The molecule has 0 aromatic rings. The molecule has 0 amide bonds. The van der Waals surface area contributed by atoms with Crippen LogP contribution in [-0.4, -0.2) is 13.0 Å². The van der Waals surface area contributed by atoms with Crippen LogP contribution in [0.25, 0.3) is 0 Å². The van der Waals surface area contributed by atoms with Gasteiger partial charge in [-0.05, 0) is 18.4 Å². The molecule has 0 fully saturated rings. The molecule has 6 heteroatoms. The first kappa shape index (κ1) is 11.0. The minimum Gasteiger partial charge on any atom is -0.457 e. The van der Waals surface area contributed by atoms with Crippen LogP contribution in [0.5, 0.6) is 0 Å². The zero-order valence-electron chi connectivity index (χ0n) is 8.29. The van der Waals surface area contributed by atoms with Gasteiger partial charge in [-0.15, -0.1) is 0 Å². The highest BCUT2D eigenvalue weighted by Crippen LogP contribution is 2.26. The van der Waals surface area contributed by atoms with Crippen molar-refractivity contribution in [3.63, 3.8) is 0 Å². The Hall–Kier alpha value is -1.53. The summed E-state index contributed by atoms with van der Waals surface area (Å²) < 4.78 is 39.9. The largest absolute Gasteiger partial charge is 0.457 e. The quantitative estimate of drug-likeness (QED) is 0.748. The highest BCUT2D eigenvalue weighted by atomic mass is 32.2. The standard InChI is InChI=1S/C10H10O5S/c11-16(12,13)10-7-14-9(6-15-10)8-4-2-1-3-5-8/h1-2,4,6-7H,3,5H2,(H,11,12,13). The minimum atomic E-state index is -4.34. The van der Waals surface area contributed by atoms with E-state index in [4.69, 9.17) is 14.0 Å². The number of ether oxygens (including phenoxy) is 2. The van der Waals surface area contributed by atoms with E-state index in [0.717, 1.165) is 24.7 Å². The van der Waals surface area contributed by atoms with Crippen molar-refractivity contribution >= 4 is 10.1 Å². The lowest BCUT2D eigenvalue weighted by molar-refractivity contribution is 0.246. The molecule has 2 rings (SSSR count). The first-order valence-corrected chi connectivity index (χ1v) is 6.08. The molecule has 1 aliphatic carbocycles. The first-order valence-electron chi connectivity index (χ1n) is 4.64. The maximum atomic E-state index is 10.7. The molecule has 0 radical (unpaired) electrons. The molecular weight excluding hydrogens is 232 g/mol. The molecule has 0 saturated heterocycles. The summed E-state index contributed by atoms with van der Waals surface area (Å²) in [7, 11) is -4.34. The van der Waals surface area contributed by atoms with Crippen LogP contribution in [0.1, 0.15) is 12.8 Å². The van der Waals surface area contributed by atoms with Gasteiger partial charge >= 0.3 is 10.1 Å². The summed E-state index contributed by atoms with van der Waals surface area (Å²) in [6, 6.07) is 0. The number of allylic oxidation sites excluding steroid dienone is 4. The maximum Gasteiger partial charge on any atom is 0.331 e. The molecule has 0 aromatic carbocycles. The summed E-state index contributed by atoms with van der Waals surface area (Å²) in [4.78, 5) is 0. The van der Waals surface area contributed by atoms with Crippen LogP contribution in [0.2, 0.25) is 0 Å². The Balaban J connectivity index is 2.12. The zero-order chi connectivity index (χ0) is 11.6. The molecule has 1 aliphatic heterocycles. The second kappa shape index (κ2) is 4.15. The van der Waals surface area contributed by atoms with E-state index in [9.17, 15) is 8.42 Å². The van der Waals surface area contributed by atoms with Gasteiger partial charge in [-0.25, -0.2) is 0 Å². The molecular formula is C10H10O5S. The van der Waals surface area contributed by atoms with Gasteiger partial charge in [-0.3, -0.25) is 4.55 Å². The third-order valence-electron chi connectivity index (χ3n) is 2.15.